The van der Waals surface area contributed by atoms with Crippen molar-refractivity contribution in [2.45, 2.75) is 43.5 Å². The third-order valence-corrected chi connectivity index (χ3v) is 5.79. The molecule has 1 saturated carbocycles. The Hall–Kier alpha value is -1.40. The number of carbonyl (C=O) groups is 1. The molecule has 1 aromatic carbocycles. The average Bonchev–Trinajstić information content (AvgIpc) is 3.00. The highest BCUT2D eigenvalue weighted by Gasteiger charge is 2.28. The van der Waals surface area contributed by atoms with E-state index in [9.17, 15) is 13.2 Å². The van der Waals surface area contributed by atoms with Gasteiger partial charge in [0.1, 0.15) is 0 Å². The third kappa shape index (κ3) is 4.57. The van der Waals surface area contributed by atoms with Crippen LogP contribution in [-0.2, 0) is 9.84 Å². The first-order valence-corrected chi connectivity index (χ1v) is 10.4. The normalized spacial score (nSPS) is 15.9. The number of rotatable bonds is 6. The van der Waals surface area contributed by atoms with E-state index in [0.717, 1.165) is 37.8 Å². The van der Waals surface area contributed by atoms with Gasteiger partial charge < -0.3 is 9.80 Å². The molecular weight excluding hydrogens is 324 g/mol. The predicted molar refractivity (Wildman–Crippen MR) is 96.1 cm³/mol. The summed E-state index contributed by atoms with van der Waals surface area (Å²) in [7, 11) is 0.661. The minimum absolute atomic E-state index is 0.0493. The summed E-state index contributed by atoms with van der Waals surface area (Å²) in [5, 5.41) is 0. The topological polar surface area (TPSA) is 57.7 Å². The summed E-state index contributed by atoms with van der Waals surface area (Å²) in [5.74, 6) is -0.0493. The van der Waals surface area contributed by atoms with E-state index in [0.29, 0.717) is 12.1 Å². The van der Waals surface area contributed by atoms with E-state index in [4.69, 9.17) is 0 Å². The van der Waals surface area contributed by atoms with Crippen molar-refractivity contribution >= 4 is 15.7 Å². The Labute approximate surface area is 145 Å². The third-order valence-electron chi connectivity index (χ3n) is 4.68. The van der Waals surface area contributed by atoms with Crippen LogP contribution >= 0.6 is 0 Å². The maximum Gasteiger partial charge on any atom is 0.254 e. The van der Waals surface area contributed by atoms with Gasteiger partial charge >= 0.3 is 0 Å². The smallest absolute Gasteiger partial charge is 0.254 e. The molecule has 0 aromatic heterocycles. The number of sulfone groups is 1. The molecule has 1 aliphatic carbocycles. The van der Waals surface area contributed by atoms with Crippen LogP contribution in [0.2, 0.25) is 0 Å². The number of benzene rings is 1. The summed E-state index contributed by atoms with van der Waals surface area (Å²) in [5.41, 5.74) is 1.32. The predicted octanol–water partition coefficient (Wildman–Crippen LogP) is 2.34. The zero-order valence-corrected chi connectivity index (χ0v) is 15.9. The quantitative estimate of drug-likeness (QED) is 0.788. The molecule has 0 aliphatic heterocycles. The van der Waals surface area contributed by atoms with Gasteiger partial charge in [-0.25, -0.2) is 8.42 Å². The first kappa shape index (κ1) is 18.9. The van der Waals surface area contributed by atoms with Crippen LogP contribution < -0.4 is 0 Å². The molecule has 0 unspecified atom stereocenters. The zero-order chi connectivity index (χ0) is 17.9. The van der Waals surface area contributed by atoms with Crippen LogP contribution in [0.15, 0.2) is 23.1 Å². The van der Waals surface area contributed by atoms with E-state index in [1.807, 2.05) is 25.9 Å². The van der Waals surface area contributed by atoms with Crippen molar-refractivity contribution < 1.29 is 13.2 Å². The van der Waals surface area contributed by atoms with Crippen molar-refractivity contribution in [1.29, 1.82) is 0 Å². The monoisotopic (exact) mass is 352 g/mol. The summed E-state index contributed by atoms with van der Waals surface area (Å²) in [6.07, 6.45) is 5.54. The Morgan fingerprint density at radius 3 is 2.33 bits per heavy atom. The molecule has 134 valence electrons. The molecule has 0 spiro atoms. The second-order valence-corrected chi connectivity index (χ2v) is 9.00. The van der Waals surface area contributed by atoms with E-state index in [-0.39, 0.29) is 16.8 Å². The van der Waals surface area contributed by atoms with Crippen LogP contribution in [0, 0.1) is 6.92 Å². The van der Waals surface area contributed by atoms with Gasteiger partial charge in [0.05, 0.1) is 4.90 Å². The molecule has 1 aromatic rings. The van der Waals surface area contributed by atoms with Crippen LogP contribution in [0.5, 0.6) is 0 Å². The maximum atomic E-state index is 13.2. The number of hydrogen-bond acceptors (Lipinski definition) is 4. The molecule has 0 N–H and O–H groups in total. The molecule has 1 amide bonds. The van der Waals surface area contributed by atoms with Crippen LogP contribution in [0.3, 0.4) is 0 Å². The Bertz CT molecular complexity index is 692. The van der Waals surface area contributed by atoms with Gasteiger partial charge in [0.15, 0.2) is 9.84 Å². The van der Waals surface area contributed by atoms with E-state index in [1.54, 1.807) is 12.1 Å². The number of amides is 1. The van der Waals surface area contributed by atoms with E-state index in [2.05, 4.69) is 4.90 Å². The Morgan fingerprint density at radius 2 is 1.79 bits per heavy atom. The summed E-state index contributed by atoms with van der Waals surface area (Å²) < 4.78 is 23.7. The highest BCUT2D eigenvalue weighted by atomic mass is 32.2. The summed E-state index contributed by atoms with van der Waals surface area (Å²) in [6.45, 7) is 3.32. The maximum absolute atomic E-state index is 13.2. The van der Waals surface area contributed by atoms with E-state index in [1.165, 1.54) is 12.3 Å². The van der Waals surface area contributed by atoms with Gasteiger partial charge in [-0.1, -0.05) is 18.9 Å². The van der Waals surface area contributed by atoms with Gasteiger partial charge in [0, 0.05) is 31.0 Å². The van der Waals surface area contributed by atoms with Crippen LogP contribution in [0.25, 0.3) is 0 Å². The fraction of sp³-hybridized carbons (Fsp3) is 0.611. The number of nitrogens with zero attached hydrogens (tertiary/aromatic N) is 2. The molecule has 0 radical (unpaired) electrons. The Morgan fingerprint density at radius 1 is 1.17 bits per heavy atom. The Balaban J connectivity index is 2.34. The molecule has 0 heterocycles. The lowest BCUT2D eigenvalue weighted by Crippen LogP contribution is -2.43. The fourth-order valence-corrected chi connectivity index (χ4v) is 3.84. The van der Waals surface area contributed by atoms with Gasteiger partial charge in [-0.05, 0) is 51.6 Å². The molecule has 0 bridgehead atoms. The van der Waals surface area contributed by atoms with Gasteiger partial charge in [-0.3, -0.25) is 4.79 Å². The van der Waals surface area contributed by atoms with Crippen LogP contribution in [-0.4, -0.2) is 63.6 Å². The van der Waals surface area contributed by atoms with E-state index >= 15 is 0 Å². The van der Waals surface area contributed by atoms with Crippen LogP contribution in [0.1, 0.15) is 41.6 Å². The highest BCUT2D eigenvalue weighted by Crippen LogP contribution is 2.26. The average molecular weight is 353 g/mol. The first-order chi connectivity index (χ1) is 11.2. The zero-order valence-electron chi connectivity index (χ0n) is 15.1. The summed E-state index contributed by atoms with van der Waals surface area (Å²) in [6, 6.07) is 5.09. The molecule has 2 rings (SSSR count). The number of aryl methyl sites for hydroxylation is 1. The molecule has 1 fully saturated rings. The lowest BCUT2D eigenvalue weighted by molar-refractivity contribution is 0.0666. The second-order valence-electron chi connectivity index (χ2n) is 6.99. The molecule has 0 atom stereocenters. The van der Waals surface area contributed by atoms with Crippen molar-refractivity contribution in [3.05, 3.63) is 29.3 Å². The number of carbonyl (C=O) groups excluding carboxylic acids is 1. The molecule has 6 heteroatoms. The summed E-state index contributed by atoms with van der Waals surface area (Å²) >= 11 is 0. The summed E-state index contributed by atoms with van der Waals surface area (Å²) in [4.78, 5) is 17.4. The van der Waals surface area contributed by atoms with Gasteiger partial charge in [0.2, 0.25) is 0 Å². The number of hydrogen-bond donors (Lipinski definition) is 0. The molecule has 24 heavy (non-hydrogen) atoms. The molecular formula is C18H28N2O3S. The Kier molecular flexibility index (Phi) is 6.04. The van der Waals surface area contributed by atoms with Crippen molar-refractivity contribution in [3.8, 4) is 0 Å². The van der Waals surface area contributed by atoms with Crippen molar-refractivity contribution in [2.24, 2.45) is 0 Å². The minimum atomic E-state index is -3.33. The van der Waals surface area contributed by atoms with Gasteiger partial charge in [-0.2, -0.15) is 0 Å². The molecule has 5 nitrogen and oxygen atoms in total. The molecule has 1 aliphatic rings. The first-order valence-electron chi connectivity index (χ1n) is 8.46. The van der Waals surface area contributed by atoms with Crippen molar-refractivity contribution in [3.63, 3.8) is 0 Å². The van der Waals surface area contributed by atoms with Gasteiger partial charge in [-0.15, -0.1) is 0 Å². The fourth-order valence-electron chi connectivity index (χ4n) is 3.19. The number of likely N-dealkylation sites (N-methyl/N-ethyl adjacent to an activating group) is 1. The highest BCUT2D eigenvalue weighted by molar-refractivity contribution is 7.90. The minimum Gasteiger partial charge on any atom is -0.334 e. The second kappa shape index (κ2) is 7.66. The van der Waals surface area contributed by atoms with Gasteiger partial charge in [0.25, 0.3) is 5.91 Å². The van der Waals surface area contributed by atoms with E-state index < -0.39 is 9.84 Å². The lowest BCUT2D eigenvalue weighted by Gasteiger charge is -2.31. The van der Waals surface area contributed by atoms with Crippen LogP contribution in [0.4, 0.5) is 0 Å². The van der Waals surface area contributed by atoms with Crippen molar-refractivity contribution in [1.82, 2.24) is 9.80 Å². The SMILES string of the molecule is Cc1ccc(S(C)(=O)=O)cc1C(=O)N(CCN(C)C)C1CCCC1. The van der Waals surface area contributed by atoms with Crippen molar-refractivity contribution in [2.75, 3.05) is 33.4 Å². The molecule has 0 saturated heterocycles. The lowest BCUT2D eigenvalue weighted by atomic mass is 10.1. The standard InChI is InChI=1S/C18H28N2O3S/c1-14-9-10-16(24(4,22)23)13-17(14)18(21)20(12-11-19(2)3)15-7-5-6-8-15/h9-10,13,15H,5-8,11-12H2,1-4H3. The largest absolute Gasteiger partial charge is 0.334 e.